The van der Waals surface area contributed by atoms with E-state index in [1.807, 2.05) is 0 Å². The van der Waals surface area contributed by atoms with Crippen molar-refractivity contribution in [2.75, 3.05) is 0 Å². The topological polar surface area (TPSA) is 65.2 Å². The first-order chi connectivity index (χ1) is 6.79. The summed E-state index contributed by atoms with van der Waals surface area (Å²) in [5.74, 6) is -1.83. The predicted octanol–water partition coefficient (Wildman–Crippen LogP) is 1.73. The van der Waals surface area contributed by atoms with Crippen LogP contribution < -0.4 is 10.5 Å². The highest BCUT2D eigenvalue weighted by Gasteiger charge is 2.32. The third-order valence-electron chi connectivity index (χ3n) is 1.27. The molecule has 1 amide bonds. The largest absolute Gasteiger partial charge is 0.574 e. The Balaban J connectivity index is 3.03. The monoisotopic (exact) mass is 240 g/mol. The van der Waals surface area contributed by atoms with Gasteiger partial charge in [-0.2, -0.15) is 0 Å². The van der Waals surface area contributed by atoms with Gasteiger partial charge < -0.3 is 10.5 Å². The lowest BCUT2D eigenvalue weighted by Gasteiger charge is -2.08. The molecule has 15 heavy (non-hydrogen) atoms. The lowest BCUT2D eigenvalue weighted by Crippen LogP contribution is -2.20. The normalized spacial score (nSPS) is 11.2. The van der Waals surface area contributed by atoms with Crippen molar-refractivity contribution in [2.45, 2.75) is 6.36 Å². The second-order valence-electron chi connectivity index (χ2n) is 2.39. The maximum absolute atomic E-state index is 11.8. The second-order valence-corrected chi connectivity index (χ2v) is 2.80. The fourth-order valence-corrected chi connectivity index (χ4v) is 0.971. The molecule has 0 fully saturated rings. The first-order valence-corrected chi connectivity index (χ1v) is 3.89. The van der Waals surface area contributed by atoms with Crippen molar-refractivity contribution in [3.05, 3.63) is 22.8 Å². The highest BCUT2D eigenvalue weighted by Crippen LogP contribution is 2.23. The van der Waals surface area contributed by atoms with E-state index in [9.17, 15) is 18.0 Å². The van der Waals surface area contributed by atoms with Crippen LogP contribution in [0.4, 0.5) is 13.2 Å². The Morgan fingerprint density at radius 1 is 1.47 bits per heavy atom. The molecule has 0 aliphatic carbocycles. The first kappa shape index (κ1) is 11.6. The van der Waals surface area contributed by atoms with Gasteiger partial charge in [0.1, 0.15) is 0 Å². The molecule has 82 valence electrons. The van der Waals surface area contributed by atoms with Crippen LogP contribution in [-0.2, 0) is 0 Å². The van der Waals surface area contributed by atoms with Gasteiger partial charge in [0.25, 0.3) is 5.91 Å². The average Bonchev–Trinajstić information content (AvgIpc) is 2.05. The Kier molecular flexibility index (Phi) is 3.04. The van der Waals surface area contributed by atoms with Crippen molar-refractivity contribution in [1.29, 1.82) is 0 Å². The summed E-state index contributed by atoms with van der Waals surface area (Å²) < 4.78 is 38.8. The van der Waals surface area contributed by atoms with E-state index in [-0.39, 0.29) is 5.02 Å². The van der Waals surface area contributed by atoms with Crippen molar-refractivity contribution in [3.8, 4) is 5.88 Å². The van der Waals surface area contributed by atoms with Crippen molar-refractivity contribution in [2.24, 2.45) is 5.73 Å². The van der Waals surface area contributed by atoms with Crippen LogP contribution in [0.25, 0.3) is 0 Å². The zero-order valence-corrected chi connectivity index (χ0v) is 7.76. The van der Waals surface area contributed by atoms with E-state index in [4.69, 9.17) is 17.3 Å². The number of rotatable bonds is 2. The summed E-state index contributed by atoms with van der Waals surface area (Å²) >= 11 is 5.46. The van der Waals surface area contributed by atoms with Gasteiger partial charge in [0.15, 0.2) is 5.69 Å². The van der Waals surface area contributed by atoms with Crippen molar-refractivity contribution in [3.63, 3.8) is 0 Å². The molecule has 4 nitrogen and oxygen atoms in total. The summed E-state index contributed by atoms with van der Waals surface area (Å²) in [6, 6.07) is 1.91. The molecule has 0 aliphatic rings. The Bertz CT molecular complexity index is 394. The molecule has 0 saturated carbocycles. The molecule has 0 radical (unpaired) electrons. The number of alkyl halides is 3. The zero-order chi connectivity index (χ0) is 11.6. The SMILES string of the molecule is NC(=O)c1nc(OC(F)(F)F)ccc1Cl. The summed E-state index contributed by atoms with van der Waals surface area (Å²) in [5, 5.41) is -0.142. The molecule has 1 rings (SSSR count). The number of carbonyl (C=O) groups excluding carboxylic acids is 1. The van der Waals surface area contributed by atoms with E-state index in [1.54, 1.807) is 0 Å². The van der Waals surface area contributed by atoms with Crippen LogP contribution >= 0.6 is 11.6 Å². The molecule has 1 heterocycles. The van der Waals surface area contributed by atoms with E-state index < -0.39 is 23.8 Å². The van der Waals surface area contributed by atoms with Gasteiger partial charge in [0.2, 0.25) is 5.88 Å². The van der Waals surface area contributed by atoms with Gasteiger partial charge in [-0.3, -0.25) is 4.79 Å². The van der Waals surface area contributed by atoms with Crippen molar-refractivity contribution < 1.29 is 22.7 Å². The number of carbonyl (C=O) groups is 1. The standard InChI is InChI=1S/C7H4ClF3N2O2/c8-3-1-2-4(15-7(9,10)11)13-5(3)6(12)14/h1-2H,(H2,12,14). The van der Waals surface area contributed by atoms with Gasteiger partial charge in [0, 0.05) is 6.07 Å². The first-order valence-electron chi connectivity index (χ1n) is 3.51. The van der Waals surface area contributed by atoms with E-state index in [0.717, 1.165) is 12.1 Å². The lowest BCUT2D eigenvalue weighted by molar-refractivity contribution is -0.276. The average molecular weight is 241 g/mol. The molecule has 0 unspecified atom stereocenters. The molecule has 1 aromatic rings. The van der Waals surface area contributed by atoms with Crippen LogP contribution in [0, 0.1) is 0 Å². The van der Waals surface area contributed by atoms with Gasteiger partial charge in [0.05, 0.1) is 5.02 Å². The van der Waals surface area contributed by atoms with Gasteiger partial charge in [-0.05, 0) is 6.07 Å². The number of hydrogen-bond acceptors (Lipinski definition) is 3. The minimum Gasteiger partial charge on any atom is -0.388 e. The minimum atomic E-state index is -4.88. The van der Waals surface area contributed by atoms with E-state index >= 15 is 0 Å². The van der Waals surface area contributed by atoms with Crippen LogP contribution in [0.3, 0.4) is 0 Å². The maximum Gasteiger partial charge on any atom is 0.574 e. The molecule has 0 atom stereocenters. The van der Waals surface area contributed by atoms with Crippen LogP contribution in [0.2, 0.25) is 5.02 Å². The third-order valence-corrected chi connectivity index (χ3v) is 1.58. The fraction of sp³-hybridized carbons (Fsp3) is 0.143. The number of halogens is 4. The number of hydrogen-bond donors (Lipinski definition) is 1. The minimum absolute atomic E-state index is 0.142. The second kappa shape index (κ2) is 3.93. The summed E-state index contributed by atoms with van der Waals surface area (Å²) in [5.41, 5.74) is 4.35. The molecular weight excluding hydrogens is 237 g/mol. The molecule has 0 aromatic carbocycles. The quantitative estimate of drug-likeness (QED) is 0.856. The van der Waals surface area contributed by atoms with Crippen molar-refractivity contribution >= 4 is 17.5 Å². The number of amides is 1. The van der Waals surface area contributed by atoms with E-state index in [0.29, 0.717) is 0 Å². The number of nitrogens with two attached hydrogens (primary N) is 1. The fourth-order valence-electron chi connectivity index (χ4n) is 0.772. The number of pyridine rings is 1. The highest BCUT2D eigenvalue weighted by atomic mass is 35.5. The van der Waals surface area contributed by atoms with Gasteiger partial charge in [-0.15, -0.1) is 13.2 Å². The maximum atomic E-state index is 11.8. The molecule has 0 aliphatic heterocycles. The van der Waals surface area contributed by atoms with E-state index in [1.165, 1.54) is 0 Å². The molecule has 0 spiro atoms. The van der Waals surface area contributed by atoms with Gasteiger partial charge in [-0.25, -0.2) is 4.98 Å². The highest BCUT2D eigenvalue weighted by molar-refractivity contribution is 6.33. The summed E-state index contributed by atoms with van der Waals surface area (Å²) in [6.45, 7) is 0. The number of ether oxygens (including phenoxy) is 1. The third kappa shape index (κ3) is 3.28. The van der Waals surface area contributed by atoms with E-state index in [2.05, 4.69) is 9.72 Å². The Morgan fingerprint density at radius 2 is 2.07 bits per heavy atom. The van der Waals surface area contributed by atoms with Crippen LogP contribution in [0.15, 0.2) is 12.1 Å². The van der Waals surface area contributed by atoms with Gasteiger partial charge >= 0.3 is 6.36 Å². The summed E-state index contributed by atoms with van der Waals surface area (Å²) in [4.78, 5) is 13.9. The summed E-state index contributed by atoms with van der Waals surface area (Å²) in [7, 11) is 0. The number of aromatic nitrogens is 1. The molecule has 0 saturated heterocycles. The smallest absolute Gasteiger partial charge is 0.388 e. The number of nitrogens with zero attached hydrogens (tertiary/aromatic N) is 1. The van der Waals surface area contributed by atoms with Crippen LogP contribution in [0.5, 0.6) is 5.88 Å². The molecule has 1 aromatic heterocycles. The molecule has 8 heteroatoms. The predicted molar refractivity (Wildman–Crippen MR) is 44.4 cm³/mol. The summed E-state index contributed by atoms with van der Waals surface area (Å²) in [6.07, 6.45) is -4.88. The molecular formula is C7H4ClF3N2O2. The molecule has 2 N–H and O–H groups in total. The van der Waals surface area contributed by atoms with Crippen LogP contribution in [0.1, 0.15) is 10.5 Å². The van der Waals surface area contributed by atoms with Crippen molar-refractivity contribution in [1.82, 2.24) is 4.98 Å². The van der Waals surface area contributed by atoms with Crippen LogP contribution in [-0.4, -0.2) is 17.3 Å². The lowest BCUT2D eigenvalue weighted by atomic mass is 10.3. The zero-order valence-electron chi connectivity index (χ0n) is 7.01. The number of primary amides is 1. The van der Waals surface area contributed by atoms with Gasteiger partial charge in [-0.1, -0.05) is 11.6 Å². The Labute approximate surface area is 86.8 Å². The Hall–Kier alpha value is -1.50. The Morgan fingerprint density at radius 3 is 2.53 bits per heavy atom. The molecule has 0 bridgehead atoms.